The van der Waals surface area contributed by atoms with E-state index in [0.717, 1.165) is 0 Å². The van der Waals surface area contributed by atoms with Crippen molar-refractivity contribution in [1.29, 1.82) is 0 Å². The summed E-state index contributed by atoms with van der Waals surface area (Å²) in [6.45, 7) is 0. The second-order valence-electron chi connectivity index (χ2n) is 3.91. The number of aromatic carboxylic acids is 1. The zero-order valence-electron chi connectivity index (χ0n) is 9.56. The first-order valence-electron chi connectivity index (χ1n) is 5.07. The van der Waals surface area contributed by atoms with E-state index in [1.165, 1.54) is 0 Å². The number of fused-ring (bicyclic) bond motifs is 1. The van der Waals surface area contributed by atoms with Crippen LogP contribution in [0.4, 0.5) is 26.3 Å². The van der Waals surface area contributed by atoms with Gasteiger partial charge >= 0.3 is 18.3 Å². The molecule has 2 rings (SSSR count). The highest BCUT2D eigenvalue weighted by molar-refractivity contribution is 7.21. The SMILES string of the molecule is O=C(O)c1sc2c(C(F)(F)F)ccc(C(F)(F)F)c2c1Cl. The fourth-order valence-electron chi connectivity index (χ4n) is 1.76. The molecule has 0 saturated carbocycles. The lowest BCUT2D eigenvalue weighted by molar-refractivity contribution is -0.139. The Kier molecular flexibility index (Phi) is 3.61. The van der Waals surface area contributed by atoms with Gasteiger partial charge < -0.3 is 5.11 Å². The lowest BCUT2D eigenvalue weighted by atomic mass is 10.1. The average molecular weight is 349 g/mol. The summed E-state index contributed by atoms with van der Waals surface area (Å²) in [7, 11) is 0. The van der Waals surface area contributed by atoms with Crippen molar-refractivity contribution < 1.29 is 36.2 Å². The lowest BCUT2D eigenvalue weighted by Gasteiger charge is -2.12. The van der Waals surface area contributed by atoms with Crippen molar-refractivity contribution in [2.45, 2.75) is 12.4 Å². The van der Waals surface area contributed by atoms with Crippen LogP contribution < -0.4 is 0 Å². The molecular weight excluding hydrogens is 346 g/mol. The van der Waals surface area contributed by atoms with E-state index in [-0.39, 0.29) is 23.5 Å². The molecule has 0 spiro atoms. The average Bonchev–Trinajstić information content (AvgIpc) is 2.64. The summed E-state index contributed by atoms with van der Waals surface area (Å²) >= 11 is 5.61. The third kappa shape index (κ3) is 2.67. The van der Waals surface area contributed by atoms with E-state index >= 15 is 0 Å². The van der Waals surface area contributed by atoms with Crippen LogP contribution in [0.1, 0.15) is 20.8 Å². The molecule has 0 saturated heterocycles. The maximum Gasteiger partial charge on any atom is 0.417 e. The Bertz CT molecular complexity index is 731. The molecule has 0 unspecified atom stereocenters. The first-order chi connectivity index (χ1) is 9.44. The van der Waals surface area contributed by atoms with E-state index in [1.54, 1.807) is 0 Å². The molecule has 0 fully saturated rings. The Balaban J connectivity index is 2.97. The minimum Gasteiger partial charge on any atom is -0.477 e. The van der Waals surface area contributed by atoms with Crippen molar-refractivity contribution in [3.63, 3.8) is 0 Å². The molecule has 2 aromatic rings. The molecule has 0 amide bonds. The second kappa shape index (κ2) is 4.77. The molecule has 0 bridgehead atoms. The quantitative estimate of drug-likeness (QED) is 0.711. The number of carboxylic acids is 1. The maximum absolute atomic E-state index is 12.9. The molecule has 114 valence electrons. The first-order valence-corrected chi connectivity index (χ1v) is 6.26. The van der Waals surface area contributed by atoms with Crippen molar-refractivity contribution in [1.82, 2.24) is 0 Å². The number of carboxylic acid groups (broad SMARTS) is 1. The topological polar surface area (TPSA) is 37.3 Å². The molecule has 0 atom stereocenters. The standard InChI is InChI=1S/C11H3ClF6O2S/c12-6-5-3(10(13,14)15)1-2-4(11(16,17)18)7(5)21-8(6)9(19)20/h1-2H,(H,19,20). The fraction of sp³-hybridized carbons (Fsp3) is 0.182. The number of carbonyl (C=O) groups is 1. The molecule has 1 aromatic carbocycles. The van der Waals surface area contributed by atoms with Crippen LogP contribution in [-0.4, -0.2) is 11.1 Å². The van der Waals surface area contributed by atoms with Crippen molar-refractivity contribution in [2.75, 3.05) is 0 Å². The molecule has 1 aromatic heterocycles. The van der Waals surface area contributed by atoms with Crippen LogP contribution in [0.25, 0.3) is 10.1 Å². The number of rotatable bonds is 1. The smallest absolute Gasteiger partial charge is 0.417 e. The predicted octanol–water partition coefficient (Wildman–Crippen LogP) is 5.29. The molecule has 10 heteroatoms. The molecular formula is C11H3ClF6O2S. The van der Waals surface area contributed by atoms with Gasteiger partial charge in [-0.2, -0.15) is 26.3 Å². The van der Waals surface area contributed by atoms with Crippen molar-refractivity contribution >= 4 is 39.0 Å². The van der Waals surface area contributed by atoms with Crippen molar-refractivity contribution in [3.05, 3.63) is 33.2 Å². The number of thiophene rings is 1. The van der Waals surface area contributed by atoms with E-state index in [4.69, 9.17) is 16.7 Å². The summed E-state index contributed by atoms with van der Waals surface area (Å²) in [4.78, 5) is 10.1. The highest BCUT2D eigenvalue weighted by Gasteiger charge is 2.40. The van der Waals surface area contributed by atoms with Gasteiger partial charge in [-0.15, -0.1) is 11.3 Å². The Morgan fingerprint density at radius 3 is 1.95 bits per heavy atom. The van der Waals surface area contributed by atoms with Crippen molar-refractivity contribution in [2.24, 2.45) is 0 Å². The van der Waals surface area contributed by atoms with Crippen LogP contribution in [0.3, 0.4) is 0 Å². The normalized spacial score (nSPS) is 12.9. The van der Waals surface area contributed by atoms with Crippen LogP contribution in [0.2, 0.25) is 5.02 Å². The summed E-state index contributed by atoms with van der Waals surface area (Å²) in [6, 6.07) is 0.513. The van der Waals surface area contributed by atoms with Gasteiger partial charge in [-0.1, -0.05) is 11.6 Å². The number of benzene rings is 1. The summed E-state index contributed by atoms with van der Waals surface area (Å²) in [5.41, 5.74) is -2.76. The minimum absolute atomic E-state index is 0.0643. The Labute approximate surface area is 121 Å². The monoisotopic (exact) mass is 348 g/mol. The highest BCUT2D eigenvalue weighted by Crippen LogP contribution is 2.47. The van der Waals surface area contributed by atoms with E-state index in [0.29, 0.717) is 0 Å². The van der Waals surface area contributed by atoms with Crippen LogP contribution >= 0.6 is 22.9 Å². The largest absolute Gasteiger partial charge is 0.477 e. The fourth-order valence-corrected chi connectivity index (χ4v) is 3.30. The molecule has 0 radical (unpaired) electrons. The van der Waals surface area contributed by atoms with Gasteiger partial charge in [0, 0.05) is 10.1 Å². The molecule has 0 aliphatic heterocycles. The van der Waals surface area contributed by atoms with Crippen LogP contribution in [-0.2, 0) is 12.4 Å². The van der Waals surface area contributed by atoms with Crippen LogP contribution in [0.5, 0.6) is 0 Å². The van der Waals surface area contributed by atoms with E-state index in [1.807, 2.05) is 0 Å². The molecule has 1 N–H and O–H groups in total. The zero-order chi connectivity index (χ0) is 16.2. The molecule has 0 aliphatic carbocycles. The van der Waals surface area contributed by atoms with Gasteiger partial charge in [0.15, 0.2) is 0 Å². The summed E-state index contributed by atoms with van der Waals surface area (Å²) in [6.07, 6.45) is -9.88. The minimum atomic E-state index is -4.96. The summed E-state index contributed by atoms with van der Waals surface area (Å²) in [5, 5.41) is 7.03. The second-order valence-corrected chi connectivity index (χ2v) is 5.31. The molecule has 0 aliphatic rings. The Morgan fingerprint density at radius 2 is 1.52 bits per heavy atom. The van der Waals surface area contributed by atoms with Crippen LogP contribution in [0.15, 0.2) is 12.1 Å². The van der Waals surface area contributed by atoms with Gasteiger partial charge in [0.05, 0.1) is 16.1 Å². The number of hydrogen-bond acceptors (Lipinski definition) is 2. The van der Waals surface area contributed by atoms with Gasteiger partial charge in [0.1, 0.15) is 4.88 Å². The molecule has 1 heterocycles. The van der Waals surface area contributed by atoms with E-state index < -0.39 is 49.4 Å². The predicted molar refractivity (Wildman–Crippen MR) is 63.8 cm³/mol. The highest BCUT2D eigenvalue weighted by atomic mass is 35.5. The third-order valence-electron chi connectivity index (χ3n) is 2.59. The number of halogens is 7. The maximum atomic E-state index is 12.9. The van der Waals surface area contributed by atoms with E-state index in [2.05, 4.69) is 0 Å². The first kappa shape index (κ1) is 15.9. The van der Waals surface area contributed by atoms with Crippen LogP contribution in [0, 0.1) is 0 Å². The summed E-state index contributed by atoms with van der Waals surface area (Å²) < 4.78 is 76.2. The number of alkyl halides is 6. The van der Waals surface area contributed by atoms with Gasteiger partial charge in [-0.3, -0.25) is 0 Å². The van der Waals surface area contributed by atoms with Crippen molar-refractivity contribution in [3.8, 4) is 0 Å². The Morgan fingerprint density at radius 1 is 1.05 bits per heavy atom. The zero-order valence-corrected chi connectivity index (χ0v) is 11.1. The Hall–Kier alpha value is -1.48. The third-order valence-corrected chi connectivity index (χ3v) is 4.29. The van der Waals surface area contributed by atoms with Gasteiger partial charge in [0.25, 0.3) is 0 Å². The molecule has 21 heavy (non-hydrogen) atoms. The summed E-state index contributed by atoms with van der Waals surface area (Å²) in [5.74, 6) is -1.69. The van der Waals surface area contributed by atoms with Gasteiger partial charge in [-0.25, -0.2) is 4.79 Å². The molecule has 2 nitrogen and oxygen atoms in total. The van der Waals surface area contributed by atoms with Gasteiger partial charge in [0.2, 0.25) is 0 Å². The van der Waals surface area contributed by atoms with Gasteiger partial charge in [-0.05, 0) is 12.1 Å². The van der Waals surface area contributed by atoms with E-state index in [9.17, 15) is 31.1 Å². The lowest BCUT2D eigenvalue weighted by Crippen LogP contribution is -2.09. The number of hydrogen-bond donors (Lipinski definition) is 1.